The zero-order chi connectivity index (χ0) is 15.1. The average molecular weight is 293 g/mol. The van der Waals surface area contributed by atoms with Gasteiger partial charge in [0.15, 0.2) is 0 Å². The van der Waals surface area contributed by atoms with Crippen LogP contribution in [0.15, 0.2) is 18.2 Å². The number of halogens is 1. The molecule has 0 saturated heterocycles. The summed E-state index contributed by atoms with van der Waals surface area (Å²) in [4.78, 5) is 0. The first-order valence-electron chi connectivity index (χ1n) is 8.42. The van der Waals surface area contributed by atoms with Crippen molar-refractivity contribution >= 4 is 0 Å². The van der Waals surface area contributed by atoms with Crippen molar-refractivity contribution in [2.45, 2.75) is 76.9 Å². The predicted molar refractivity (Wildman–Crippen MR) is 85.0 cm³/mol. The maximum Gasteiger partial charge on any atom is 0.127 e. The summed E-state index contributed by atoms with van der Waals surface area (Å²) in [6, 6.07) is 4.65. The van der Waals surface area contributed by atoms with E-state index in [4.69, 9.17) is 10.5 Å². The van der Waals surface area contributed by atoms with Crippen molar-refractivity contribution in [3.63, 3.8) is 0 Å². The van der Waals surface area contributed by atoms with Gasteiger partial charge in [-0.25, -0.2) is 4.39 Å². The summed E-state index contributed by atoms with van der Waals surface area (Å²) < 4.78 is 19.2. The molecule has 2 atom stereocenters. The highest BCUT2D eigenvalue weighted by atomic mass is 19.1. The van der Waals surface area contributed by atoms with E-state index in [-0.39, 0.29) is 18.0 Å². The van der Waals surface area contributed by atoms with Gasteiger partial charge in [0.1, 0.15) is 17.7 Å². The average Bonchev–Trinajstić information content (AvgIpc) is 2.46. The quantitative estimate of drug-likeness (QED) is 0.675. The fourth-order valence-electron chi connectivity index (χ4n) is 3.06. The zero-order valence-corrected chi connectivity index (χ0v) is 13.1. The van der Waals surface area contributed by atoms with Gasteiger partial charge in [-0.05, 0) is 18.9 Å². The van der Waals surface area contributed by atoms with Gasteiger partial charge in [-0.2, -0.15) is 0 Å². The maximum absolute atomic E-state index is 13.3. The summed E-state index contributed by atoms with van der Waals surface area (Å²) in [7, 11) is 0. The minimum absolute atomic E-state index is 0.0242. The molecule has 1 aromatic carbocycles. The second-order valence-corrected chi connectivity index (χ2v) is 6.17. The predicted octanol–water partition coefficient (Wildman–Crippen LogP) is 5.12. The topological polar surface area (TPSA) is 35.2 Å². The van der Waals surface area contributed by atoms with Crippen LogP contribution in [0.4, 0.5) is 4.39 Å². The highest BCUT2D eigenvalue weighted by Crippen LogP contribution is 2.35. The number of benzene rings is 1. The molecule has 1 aromatic rings. The number of unbranched alkanes of at least 4 members (excludes halogenated alkanes) is 6. The molecule has 2 nitrogen and oxygen atoms in total. The van der Waals surface area contributed by atoms with Crippen molar-refractivity contribution in [2.75, 3.05) is 0 Å². The lowest BCUT2D eigenvalue weighted by atomic mass is 9.94. The molecule has 1 aliphatic heterocycles. The fraction of sp³-hybridized carbons (Fsp3) is 0.667. The van der Waals surface area contributed by atoms with Crippen LogP contribution in [0.25, 0.3) is 0 Å². The molecule has 0 radical (unpaired) electrons. The Hall–Kier alpha value is -1.09. The number of hydrogen-bond acceptors (Lipinski definition) is 2. The molecule has 0 amide bonds. The molecule has 3 heteroatoms. The van der Waals surface area contributed by atoms with E-state index < -0.39 is 0 Å². The van der Waals surface area contributed by atoms with E-state index >= 15 is 0 Å². The smallest absolute Gasteiger partial charge is 0.127 e. The summed E-state index contributed by atoms with van der Waals surface area (Å²) in [5.74, 6) is 0.388. The van der Waals surface area contributed by atoms with Crippen LogP contribution in [-0.2, 0) is 0 Å². The van der Waals surface area contributed by atoms with E-state index in [1.54, 1.807) is 6.07 Å². The molecule has 2 rings (SSSR count). The van der Waals surface area contributed by atoms with Crippen molar-refractivity contribution < 1.29 is 9.13 Å². The Morgan fingerprint density at radius 3 is 2.62 bits per heavy atom. The third-order valence-electron chi connectivity index (χ3n) is 4.32. The highest BCUT2D eigenvalue weighted by molar-refractivity contribution is 5.38. The van der Waals surface area contributed by atoms with E-state index in [1.807, 2.05) is 0 Å². The van der Waals surface area contributed by atoms with Crippen LogP contribution in [0.1, 0.15) is 76.3 Å². The van der Waals surface area contributed by atoms with Crippen molar-refractivity contribution in [2.24, 2.45) is 5.73 Å². The first kappa shape index (κ1) is 16.3. The SMILES string of the molecule is CCCCCCCCCC1CC(N)c2ccc(F)cc2O1. The molecule has 2 N–H and O–H groups in total. The maximum atomic E-state index is 13.3. The lowest BCUT2D eigenvalue weighted by Crippen LogP contribution is -2.29. The van der Waals surface area contributed by atoms with Gasteiger partial charge < -0.3 is 10.5 Å². The second-order valence-electron chi connectivity index (χ2n) is 6.17. The van der Waals surface area contributed by atoms with Gasteiger partial charge in [0.2, 0.25) is 0 Å². The van der Waals surface area contributed by atoms with E-state index in [0.717, 1.165) is 18.4 Å². The molecule has 1 heterocycles. The molecule has 2 unspecified atom stereocenters. The van der Waals surface area contributed by atoms with Crippen molar-refractivity contribution in [3.8, 4) is 5.75 Å². The molecule has 0 bridgehead atoms. The number of rotatable bonds is 8. The Labute approximate surface area is 127 Å². The standard InChI is InChI=1S/C18H28FNO/c1-2-3-4-5-6-7-8-9-15-13-17(20)16-11-10-14(19)12-18(16)21-15/h10-12,15,17H,2-9,13,20H2,1H3. The Morgan fingerprint density at radius 1 is 1.14 bits per heavy atom. The Kier molecular flexibility index (Phi) is 6.50. The molecule has 0 aromatic heterocycles. The number of ether oxygens (including phenoxy) is 1. The van der Waals surface area contributed by atoms with E-state index in [1.165, 1.54) is 57.1 Å². The molecule has 1 aliphatic rings. The highest BCUT2D eigenvalue weighted by Gasteiger charge is 2.25. The number of hydrogen-bond donors (Lipinski definition) is 1. The summed E-state index contributed by atoms with van der Waals surface area (Å²) >= 11 is 0. The summed E-state index contributed by atoms with van der Waals surface area (Å²) in [5, 5.41) is 0. The Bertz CT molecular complexity index is 435. The second kappa shape index (κ2) is 8.38. The summed E-state index contributed by atoms with van der Waals surface area (Å²) in [6.07, 6.45) is 11.1. The van der Waals surface area contributed by atoms with Gasteiger partial charge in [-0.1, -0.05) is 51.5 Å². The van der Waals surface area contributed by atoms with Gasteiger partial charge in [0, 0.05) is 24.1 Å². The van der Waals surface area contributed by atoms with Crippen LogP contribution >= 0.6 is 0 Å². The van der Waals surface area contributed by atoms with Crippen molar-refractivity contribution in [1.29, 1.82) is 0 Å². The number of fused-ring (bicyclic) bond motifs is 1. The molecule has 0 saturated carbocycles. The molecule has 0 spiro atoms. The monoisotopic (exact) mass is 293 g/mol. The van der Waals surface area contributed by atoms with E-state index in [9.17, 15) is 4.39 Å². The summed E-state index contributed by atoms with van der Waals surface area (Å²) in [6.45, 7) is 2.24. The van der Waals surface area contributed by atoms with Gasteiger partial charge in [0.25, 0.3) is 0 Å². The van der Waals surface area contributed by atoms with Crippen LogP contribution < -0.4 is 10.5 Å². The van der Waals surface area contributed by atoms with Crippen molar-refractivity contribution in [1.82, 2.24) is 0 Å². The van der Waals surface area contributed by atoms with Crippen LogP contribution in [-0.4, -0.2) is 6.10 Å². The molecule has 118 valence electrons. The van der Waals surface area contributed by atoms with Gasteiger partial charge in [-0.3, -0.25) is 0 Å². The molecule has 21 heavy (non-hydrogen) atoms. The third kappa shape index (κ3) is 4.99. The van der Waals surface area contributed by atoms with Gasteiger partial charge >= 0.3 is 0 Å². The Balaban J connectivity index is 1.71. The van der Waals surface area contributed by atoms with E-state index in [2.05, 4.69) is 6.92 Å². The lowest BCUT2D eigenvalue weighted by Gasteiger charge is -2.30. The summed E-state index contributed by atoms with van der Waals surface area (Å²) in [5.41, 5.74) is 7.11. The van der Waals surface area contributed by atoms with E-state index in [0.29, 0.717) is 5.75 Å². The molecular weight excluding hydrogens is 265 g/mol. The fourth-order valence-corrected chi connectivity index (χ4v) is 3.06. The lowest BCUT2D eigenvalue weighted by molar-refractivity contribution is 0.146. The van der Waals surface area contributed by atoms with Crippen LogP contribution in [0, 0.1) is 5.82 Å². The van der Waals surface area contributed by atoms with Gasteiger partial charge in [-0.15, -0.1) is 0 Å². The largest absolute Gasteiger partial charge is 0.490 e. The first-order valence-corrected chi connectivity index (χ1v) is 8.42. The minimum atomic E-state index is -0.252. The zero-order valence-electron chi connectivity index (χ0n) is 13.1. The number of nitrogens with two attached hydrogens (primary N) is 1. The Morgan fingerprint density at radius 2 is 1.86 bits per heavy atom. The molecular formula is C18H28FNO. The van der Waals surface area contributed by atoms with Crippen LogP contribution in [0.2, 0.25) is 0 Å². The van der Waals surface area contributed by atoms with Crippen molar-refractivity contribution in [3.05, 3.63) is 29.6 Å². The van der Waals surface area contributed by atoms with Crippen LogP contribution in [0.3, 0.4) is 0 Å². The molecule has 0 aliphatic carbocycles. The normalized spacial score (nSPS) is 20.9. The van der Waals surface area contributed by atoms with Gasteiger partial charge in [0.05, 0.1) is 0 Å². The van der Waals surface area contributed by atoms with Crippen LogP contribution in [0.5, 0.6) is 5.75 Å². The first-order chi connectivity index (χ1) is 10.2. The molecule has 0 fully saturated rings. The third-order valence-corrected chi connectivity index (χ3v) is 4.32. The minimum Gasteiger partial charge on any atom is -0.490 e.